The zero-order valence-electron chi connectivity index (χ0n) is 13.6. The van der Waals surface area contributed by atoms with Crippen LogP contribution in [-0.4, -0.2) is 25.7 Å². The summed E-state index contributed by atoms with van der Waals surface area (Å²) in [5.74, 6) is 1.59. The van der Waals surface area contributed by atoms with E-state index in [1.807, 2.05) is 6.07 Å². The second kappa shape index (κ2) is 7.37. The second-order valence-electron chi connectivity index (χ2n) is 5.87. The molecular weight excluding hydrogens is 354 g/mol. The number of methoxy groups -OCH3 is 2. The third-order valence-electron chi connectivity index (χ3n) is 4.43. The molecule has 0 N–H and O–H groups in total. The Morgan fingerprint density at radius 1 is 1.09 bits per heavy atom. The molecule has 3 rings (SSSR count). The Morgan fingerprint density at radius 2 is 1.91 bits per heavy atom. The van der Waals surface area contributed by atoms with Gasteiger partial charge in [-0.1, -0.05) is 34.1 Å². The van der Waals surface area contributed by atoms with Gasteiger partial charge in [-0.2, -0.15) is 0 Å². The van der Waals surface area contributed by atoms with E-state index in [1.165, 1.54) is 24.0 Å². The van der Waals surface area contributed by atoms with Gasteiger partial charge in [-0.15, -0.1) is 0 Å². The molecule has 1 fully saturated rings. The SMILES string of the molecule is COc1ccc(C2CCCN2Cc2cccc(Br)c2)cc1OC. The van der Waals surface area contributed by atoms with E-state index in [0.29, 0.717) is 6.04 Å². The first-order chi connectivity index (χ1) is 11.2. The van der Waals surface area contributed by atoms with Crippen LogP contribution in [0, 0.1) is 0 Å². The molecule has 1 aliphatic rings. The van der Waals surface area contributed by atoms with Gasteiger partial charge in [0.2, 0.25) is 0 Å². The highest BCUT2D eigenvalue weighted by atomic mass is 79.9. The fraction of sp³-hybridized carbons (Fsp3) is 0.368. The lowest BCUT2D eigenvalue weighted by Gasteiger charge is -2.25. The first-order valence-corrected chi connectivity index (χ1v) is 8.71. The Balaban J connectivity index is 1.81. The number of halogens is 1. The van der Waals surface area contributed by atoms with Gasteiger partial charge in [0.15, 0.2) is 11.5 Å². The Kier molecular flexibility index (Phi) is 5.23. The Bertz CT molecular complexity index is 674. The molecule has 122 valence electrons. The lowest BCUT2D eigenvalue weighted by molar-refractivity contribution is 0.247. The summed E-state index contributed by atoms with van der Waals surface area (Å²) in [5.41, 5.74) is 2.64. The van der Waals surface area contributed by atoms with Crippen molar-refractivity contribution in [1.29, 1.82) is 0 Å². The van der Waals surface area contributed by atoms with Gasteiger partial charge >= 0.3 is 0 Å². The Hall–Kier alpha value is -1.52. The van der Waals surface area contributed by atoms with Crippen LogP contribution in [-0.2, 0) is 6.54 Å². The number of likely N-dealkylation sites (tertiary alicyclic amines) is 1. The maximum Gasteiger partial charge on any atom is 0.161 e. The second-order valence-corrected chi connectivity index (χ2v) is 6.79. The van der Waals surface area contributed by atoms with Gasteiger partial charge in [0, 0.05) is 17.1 Å². The first kappa shape index (κ1) is 16.3. The van der Waals surface area contributed by atoms with E-state index in [4.69, 9.17) is 9.47 Å². The molecule has 0 radical (unpaired) electrons. The Morgan fingerprint density at radius 3 is 2.65 bits per heavy atom. The average Bonchev–Trinajstić information content (AvgIpc) is 3.02. The third-order valence-corrected chi connectivity index (χ3v) is 4.92. The van der Waals surface area contributed by atoms with Crippen molar-refractivity contribution in [3.05, 3.63) is 58.1 Å². The summed E-state index contributed by atoms with van der Waals surface area (Å²) in [5, 5.41) is 0. The van der Waals surface area contributed by atoms with E-state index in [9.17, 15) is 0 Å². The van der Waals surface area contributed by atoms with Gasteiger partial charge < -0.3 is 9.47 Å². The molecule has 0 spiro atoms. The van der Waals surface area contributed by atoms with Crippen molar-refractivity contribution in [1.82, 2.24) is 4.90 Å². The quantitative estimate of drug-likeness (QED) is 0.748. The van der Waals surface area contributed by atoms with Gasteiger partial charge in [0.25, 0.3) is 0 Å². The van der Waals surface area contributed by atoms with Crippen molar-refractivity contribution < 1.29 is 9.47 Å². The molecule has 0 bridgehead atoms. The van der Waals surface area contributed by atoms with Crippen LogP contribution in [0.1, 0.15) is 30.0 Å². The summed E-state index contributed by atoms with van der Waals surface area (Å²) >= 11 is 3.56. The van der Waals surface area contributed by atoms with E-state index in [0.717, 1.165) is 29.1 Å². The summed E-state index contributed by atoms with van der Waals surface area (Å²) in [6.07, 6.45) is 2.41. The highest BCUT2D eigenvalue weighted by Gasteiger charge is 2.26. The van der Waals surface area contributed by atoms with Crippen LogP contribution in [0.4, 0.5) is 0 Å². The van der Waals surface area contributed by atoms with Crippen LogP contribution in [0.2, 0.25) is 0 Å². The lowest BCUT2D eigenvalue weighted by Crippen LogP contribution is -2.22. The molecule has 2 aromatic rings. The molecule has 23 heavy (non-hydrogen) atoms. The minimum absolute atomic E-state index is 0.439. The van der Waals surface area contributed by atoms with Crippen LogP contribution < -0.4 is 9.47 Å². The molecule has 4 heteroatoms. The van der Waals surface area contributed by atoms with Crippen LogP contribution >= 0.6 is 15.9 Å². The predicted molar refractivity (Wildman–Crippen MR) is 96.1 cm³/mol. The van der Waals surface area contributed by atoms with Crippen LogP contribution in [0.15, 0.2) is 46.9 Å². The normalized spacial score (nSPS) is 18.1. The lowest BCUT2D eigenvalue weighted by atomic mass is 10.0. The van der Waals surface area contributed by atoms with Crippen molar-refractivity contribution >= 4 is 15.9 Å². The zero-order valence-corrected chi connectivity index (χ0v) is 15.2. The molecule has 0 saturated carbocycles. The number of ether oxygens (including phenoxy) is 2. The van der Waals surface area contributed by atoms with Gasteiger partial charge in [-0.05, 0) is 54.8 Å². The minimum atomic E-state index is 0.439. The summed E-state index contributed by atoms with van der Waals surface area (Å²) in [6.45, 7) is 2.10. The van der Waals surface area contributed by atoms with Crippen LogP contribution in [0.5, 0.6) is 11.5 Å². The fourth-order valence-electron chi connectivity index (χ4n) is 3.32. The largest absolute Gasteiger partial charge is 0.493 e. The number of hydrogen-bond donors (Lipinski definition) is 0. The molecule has 1 unspecified atom stereocenters. The number of hydrogen-bond acceptors (Lipinski definition) is 3. The predicted octanol–water partition coefficient (Wildman–Crippen LogP) is 4.80. The molecule has 3 nitrogen and oxygen atoms in total. The smallest absolute Gasteiger partial charge is 0.161 e. The molecule has 1 aliphatic heterocycles. The maximum absolute atomic E-state index is 5.46. The van der Waals surface area contributed by atoms with Crippen LogP contribution in [0.3, 0.4) is 0 Å². The van der Waals surface area contributed by atoms with Gasteiger partial charge in [-0.25, -0.2) is 0 Å². The van der Waals surface area contributed by atoms with E-state index in [1.54, 1.807) is 14.2 Å². The molecule has 0 aromatic heterocycles. The van der Waals surface area contributed by atoms with E-state index in [-0.39, 0.29) is 0 Å². The van der Waals surface area contributed by atoms with Crippen molar-refractivity contribution in [2.45, 2.75) is 25.4 Å². The molecule has 1 saturated heterocycles. The molecule has 1 heterocycles. The van der Waals surface area contributed by atoms with E-state index in [2.05, 4.69) is 57.2 Å². The summed E-state index contributed by atoms with van der Waals surface area (Å²) in [6, 6.07) is 15.3. The summed E-state index contributed by atoms with van der Waals surface area (Å²) < 4.78 is 11.9. The van der Waals surface area contributed by atoms with E-state index < -0.39 is 0 Å². The van der Waals surface area contributed by atoms with Gasteiger partial charge in [0.1, 0.15) is 0 Å². The fourth-order valence-corrected chi connectivity index (χ4v) is 3.77. The highest BCUT2D eigenvalue weighted by Crippen LogP contribution is 2.37. The number of rotatable bonds is 5. The molecule has 0 amide bonds. The van der Waals surface area contributed by atoms with Crippen molar-refractivity contribution in [2.24, 2.45) is 0 Å². The molecule has 2 aromatic carbocycles. The minimum Gasteiger partial charge on any atom is -0.493 e. The monoisotopic (exact) mass is 375 g/mol. The number of nitrogens with zero attached hydrogens (tertiary/aromatic N) is 1. The highest BCUT2D eigenvalue weighted by molar-refractivity contribution is 9.10. The van der Waals surface area contributed by atoms with Crippen molar-refractivity contribution in [3.8, 4) is 11.5 Å². The molecule has 1 atom stereocenters. The van der Waals surface area contributed by atoms with Gasteiger partial charge in [-0.3, -0.25) is 4.90 Å². The van der Waals surface area contributed by atoms with Crippen molar-refractivity contribution in [2.75, 3.05) is 20.8 Å². The van der Waals surface area contributed by atoms with Crippen molar-refractivity contribution in [3.63, 3.8) is 0 Å². The number of benzene rings is 2. The molecular formula is C19H22BrNO2. The average molecular weight is 376 g/mol. The van der Waals surface area contributed by atoms with E-state index >= 15 is 0 Å². The zero-order chi connectivity index (χ0) is 16.2. The standard InChI is InChI=1S/C19H22BrNO2/c1-22-18-9-8-15(12-19(18)23-2)17-7-4-10-21(17)13-14-5-3-6-16(20)11-14/h3,5-6,8-9,11-12,17H,4,7,10,13H2,1-2H3. The third kappa shape index (κ3) is 3.70. The summed E-state index contributed by atoms with van der Waals surface area (Å²) in [7, 11) is 3.36. The van der Waals surface area contributed by atoms with Crippen LogP contribution in [0.25, 0.3) is 0 Å². The Labute approximate surface area is 146 Å². The van der Waals surface area contributed by atoms with Gasteiger partial charge in [0.05, 0.1) is 14.2 Å². The first-order valence-electron chi connectivity index (χ1n) is 7.91. The summed E-state index contributed by atoms with van der Waals surface area (Å²) in [4.78, 5) is 2.54. The maximum atomic E-state index is 5.46. The molecule has 0 aliphatic carbocycles. The topological polar surface area (TPSA) is 21.7 Å².